The van der Waals surface area contributed by atoms with Crippen molar-refractivity contribution in [2.45, 2.75) is 64.6 Å². The van der Waals surface area contributed by atoms with E-state index in [1.807, 2.05) is 32.0 Å². The van der Waals surface area contributed by atoms with E-state index < -0.39 is 12.1 Å². The summed E-state index contributed by atoms with van der Waals surface area (Å²) in [5, 5.41) is 2.92. The normalized spacial score (nSPS) is 20.1. The Bertz CT molecular complexity index is 1130. The second-order valence-electron chi connectivity index (χ2n) is 10.5. The largest absolute Gasteiger partial charge is 0.340 e. The minimum atomic E-state index is -0.743. The standard InChI is InChI=1S/C29H35N3O4/c1-18(2)16-23(30-27(34)21-12-10-20(11-13-21)19(3)4)29(36)31-15-14-24-26(31)25(33)17-32(24)28(35)22-8-6-5-7-9-22/h5-13,18-19,23-24,26H,14-17H2,1-4H3,(H,30,34)/t23?,24-,26+/m1/s1. The number of hydrogen-bond donors (Lipinski definition) is 1. The summed E-state index contributed by atoms with van der Waals surface area (Å²) >= 11 is 0. The third-order valence-corrected chi connectivity index (χ3v) is 7.14. The van der Waals surface area contributed by atoms with Crippen LogP contribution in [0.1, 0.15) is 72.7 Å². The average Bonchev–Trinajstić information content (AvgIpc) is 3.44. The molecule has 2 heterocycles. The summed E-state index contributed by atoms with van der Waals surface area (Å²) < 4.78 is 0. The Morgan fingerprint density at radius 1 is 0.917 bits per heavy atom. The number of ketones is 1. The van der Waals surface area contributed by atoms with Crippen molar-refractivity contribution in [3.63, 3.8) is 0 Å². The lowest BCUT2D eigenvalue weighted by atomic mass is 10.00. The molecule has 0 radical (unpaired) electrons. The lowest BCUT2D eigenvalue weighted by Crippen LogP contribution is -2.53. The number of amides is 3. The van der Waals surface area contributed by atoms with Gasteiger partial charge >= 0.3 is 0 Å². The Morgan fingerprint density at radius 3 is 2.19 bits per heavy atom. The number of nitrogens with zero attached hydrogens (tertiary/aromatic N) is 2. The molecule has 3 atom stereocenters. The van der Waals surface area contributed by atoms with Gasteiger partial charge in [-0.1, -0.05) is 58.0 Å². The molecule has 190 valence electrons. The number of rotatable bonds is 7. The monoisotopic (exact) mass is 489 g/mol. The quantitative estimate of drug-likeness (QED) is 0.643. The van der Waals surface area contributed by atoms with Crippen molar-refractivity contribution in [3.05, 3.63) is 71.3 Å². The molecule has 2 aliphatic rings. The molecule has 3 amide bonds. The maximum atomic E-state index is 13.7. The lowest BCUT2D eigenvalue weighted by Gasteiger charge is -2.29. The predicted molar refractivity (Wildman–Crippen MR) is 138 cm³/mol. The van der Waals surface area contributed by atoms with E-state index in [0.29, 0.717) is 36.4 Å². The summed E-state index contributed by atoms with van der Waals surface area (Å²) in [6.45, 7) is 8.56. The van der Waals surface area contributed by atoms with Crippen LogP contribution in [0.3, 0.4) is 0 Å². The summed E-state index contributed by atoms with van der Waals surface area (Å²) in [4.78, 5) is 56.0. The molecule has 0 saturated carbocycles. The van der Waals surface area contributed by atoms with E-state index in [4.69, 9.17) is 0 Å². The van der Waals surface area contributed by atoms with Crippen molar-refractivity contribution < 1.29 is 19.2 Å². The Hall–Kier alpha value is -3.48. The molecular formula is C29H35N3O4. The van der Waals surface area contributed by atoms with Gasteiger partial charge in [-0.05, 0) is 54.5 Å². The topological polar surface area (TPSA) is 86.8 Å². The van der Waals surface area contributed by atoms with Crippen LogP contribution >= 0.6 is 0 Å². The molecule has 0 spiro atoms. The molecule has 1 N–H and O–H groups in total. The summed E-state index contributed by atoms with van der Waals surface area (Å²) in [6.07, 6.45) is 1.00. The number of likely N-dealkylation sites (tertiary alicyclic amines) is 2. The molecule has 4 rings (SSSR count). The van der Waals surface area contributed by atoms with Crippen LogP contribution in [-0.2, 0) is 9.59 Å². The Kier molecular flexibility index (Phi) is 7.57. The molecule has 2 fully saturated rings. The molecule has 7 nitrogen and oxygen atoms in total. The molecule has 1 unspecified atom stereocenters. The van der Waals surface area contributed by atoms with E-state index >= 15 is 0 Å². The van der Waals surface area contributed by atoms with Crippen molar-refractivity contribution >= 4 is 23.5 Å². The van der Waals surface area contributed by atoms with E-state index in [-0.39, 0.29) is 42.0 Å². The zero-order chi connectivity index (χ0) is 26.0. The van der Waals surface area contributed by atoms with Crippen LogP contribution in [-0.4, -0.2) is 64.5 Å². The molecule has 7 heteroatoms. The molecule has 2 aromatic rings. The highest BCUT2D eigenvalue weighted by Gasteiger charge is 2.52. The first kappa shape index (κ1) is 25.6. The Balaban J connectivity index is 1.50. The van der Waals surface area contributed by atoms with Crippen LogP contribution in [0, 0.1) is 5.92 Å². The fourth-order valence-electron chi connectivity index (χ4n) is 5.24. The van der Waals surface area contributed by atoms with Crippen molar-refractivity contribution in [1.82, 2.24) is 15.1 Å². The second-order valence-corrected chi connectivity index (χ2v) is 10.5. The van der Waals surface area contributed by atoms with Crippen LogP contribution < -0.4 is 5.32 Å². The Morgan fingerprint density at radius 2 is 1.58 bits per heavy atom. The van der Waals surface area contributed by atoms with Crippen molar-refractivity contribution in [3.8, 4) is 0 Å². The smallest absolute Gasteiger partial charge is 0.254 e. The first-order chi connectivity index (χ1) is 17.2. The molecule has 2 saturated heterocycles. The first-order valence-electron chi connectivity index (χ1n) is 12.8. The highest BCUT2D eigenvalue weighted by atomic mass is 16.2. The maximum Gasteiger partial charge on any atom is 0.254 e. The highest BCUT2D eigenvalue weighted by molar-refractivity contribution is 6.03. The van der Waals surface area contributed by atoms with Crippen molar-refractivity contribution in [2.75, 3.05) is 13.1 Å². The maximum absolute atomic E-state index is 13.7. The minimum absolute atomic E-state index is 0.00372. The second kappa shape index (κ2) is 10.6. The fraction of sp³-hybridized carbons (Fsp3) is 0.448. The highest BCUT2D eigenvalue weighted by Crippen LogP contribution is 2.32. The zero-order valence-corrected chi connectivity index (χ0v) is 21.4. The van der Waals surface area contributed by atoms with Gasteiger partial charge in [-0.25, -0.2) is 0 Å². The summed E-state index contributed by atoms with van der Waals surface area (Å²) in [5.41, 5.74) is 2.17. The number of hydrogen-bond acceptors (Lipinski definition) is 4. The molecule has 2 aromatic carbocycles. The van der Waals surface area contributed by atoms with Gasteiger partial charge in [-0.15, -0.1) is 0 Å². The van der Waals surface area contributed by atoms with Gasteiger partial charge in [-0.2, -0.15) is 0 Å². The van der Waals surface area contributed by atoms with E-state index in [1.54, 1.807) is 46.2 Å². The number of fused-ring (bicyclic) bond motifs is 1. The number of benzene rings is 2. The van der Waals surface area contributed by atoms with E-state index in [1.165, 1.54) is 0 Å². The third kappa shape index (κ3) is 5.20. The van der Waals surface area contributed by atoms with Gasteiger partial charge in [0.15, 0.2) is 5.78 Å². The zero-order valence-electron chi connectivity index (χ0n) is 21.4. The predicted octanol–water partition coefficient (Wildman–Crippen LogP) is 3.65. The van der Waals surface area contributed by atoms with Crippen LogP contribution in [0.5, 0.6) is 0 Å². The number of nitrogens with one attached hydrogen (secondary N) is 1. The van der Waals surface area contributed by atoms with Gasteiger partial charge in [-0.3, -0.25) is 19.2 Å². The molecule has 36 heavy (non-hydrogen) atoms. The van der Waals surface area contributed by atoms with Crippen LogP contribution in [0.15, 0.2) is 54.6 Å². The van der Waals surface area contributed by atoms with E-state index in [9.17, 15) is 19.2 Å². The minimum Gasteiger partial charge on any atom is -0.340 e. The first-order valence-corrected chi connectivity index (χ1v) is 12.8. The van der Waals surface area contributed by atoms with Gasteiger partial charge in [0.05, 0.1) is 12.6 Å². The molecule has 0 aromatic heterocycles. The van der Waals surface area contributed by atoms with Gasteiger partial charge in [0, 0.05) is 17.7 Å². The van der Waals surface area contributed by atoms with Crippen molar-refractivity contribution in [1.29, 1.82) is 0 Å². The van der Waals surface area contributed by atoms with Gasteiger partial charge in [0.2, 0.25) is 5.91 Å². The van der Waals surface area contributed by atoms with Gasteiger partial charge in [0.1, 0.15) is 12.1 Å². The van der Waals surface area contributed by atoms with Crippen LogP contribution in [0.2, 0.25) is 0 Å². The van der Waals surface area contributed by atoms with E-state index in [0.717, 1.165) is 5.56 Å². The summed E-state index contributed by atoms with van der Waals surface area (Å²) in [7, 11) is 0. The number of carbonyl (C=O) groups is 4. The van der Waals surface area contributed by atoms with Gasteiger partial charge in [0.25, 0.3) is 11.8 Å². The van der Waals surface area contributed by atoms with E-state index in [2.05, 4.69) is 19.2 Å². The van der Waals surface area contributed by atoms with Gasteiger partial charge < -0.3 is 15.1 Å². The molecule has 0 aliphatic carbocycles. The number of Topliss-reactive ketones (excluding diaryl/α,β-unsaturated/α-hetero) is 1. The lowest BCUT2D eigenvalue weighted by molar-refractivity contribution is -0.138. The average molecular weight is 490 g/mol. The summed E-state index contributed by atoms with van der Waals surface area (Å²) in [6, 6.07) is 14.6. The molecule has 2 aliphatic heterocycles. The van der Waals surface area contributed by atoms with Crippen LogP contribution in [0.25, 0.3) is 0 Å². The SMILES string of the molecule is CC(C)CC(NC(=O)c1ccc(C(C)C)cc1)C(=O)N1CC[C@@H]2[C@H]1C(=O)CN2C(=O)c1ccccc1. The Labute approximate surface area is 212 Å². The molecule has 0 bridgehead atoms. The summed E-state index contributed by atoms with van der Waals surface area (Å²) in [5.74, 6) is -0.366. The fourth-order valence-corrected chi connectivity index (χ4v) is 5.24. The third-order valence-electron chi connectivity index (χ3n) is 7.14. The van der Waals surface area contributed by atoms with Crippen LogP contribution in [0.4, 0.5) is 0 Å². The molecular weight excluding hydrogens is 454 g/mol. The van der Waals surface area contributed by atoms with Crippen molar-refractivity contribution in [2.24, 2.45) is 5.92 Å². The number of carbonyl (C=O) groups excluding carboxylic acids is 4.